The number of benzene rings is 2. The van der Waals surface area contributed by atoms with Crippen LogP contribution < -0.4 is 10.6 Å². The van der Waals surface area contributed by atoms with Crippen molar-refractivity contribution >= 4 is 40.9 Å². The van der Waals surface area contributed by atoms with Gasteiger partial charge in [-0.1, -0.05) is 61.5 Å². The molecule has 0 radical (unpaired) electrons. The third kappa shape index (κ3) is 6.74. The molecule has 7 nitrogen and oxygen atoms in total. The van der Waals surface area contributed by atoms with Gasteiger partial charge in [0.15, 0.2) is 11.0 Å². The topological polar surface area (TPSA) is 88.9 Å². The summed E-state index contributed by atoms with van der Waals surface area (Å²) in [6.07, 6.45) is 1.74. The van der Waals surface area contributed by atoms with Gasteiger partial charge in [-0.3, -0.25) is 9.59 Å². The summed E-state index contributed by atoms with van der Waals surface area (Å²) in [5.74, 6) is 0.364. The molecule has 0 aliphatic rings. The van der Waals surface area contributed by atoms with Gasteiger partial charge in [0.1, 0.15) is 0 Å². The number of rotatable bonds is 10. The zero-order valence-electron chi connectivity index (χ0n) is 20.3. The maximum Gasteiger partial charge on any atom is 0.253 e. The molecule has 0 saturated heterocycles. The number of anilines is 1. The van der Waals surface area contributed by atoms with E-state index in [-0.39, 0.29) is 23.5 Å². The van der Waals surface area contributed by atoms with Crippen molar-refractivity contribution in [2.24, 2.45) is 5.92 Å². The molecule has 0 bridgehead atoms. The molecule has 1 aromatic heterocycles. The molecule has 9 heteroatoms. The first-order chi connectivity index (χ1) is 16.7. The predicted octanol–water partition coefficient (Wildman–Crippen LogP) is 5.59. The number of nitrogens with one attached hydrogen (secondary N) is 2. The van der Waals surface area contributed by atoms with Crippen LogP contribution in [0.2, 0.25) is 5.02 Å². The Labute approximate surface area is 215 Å². The van der Waals surface area contributed by atoms with Gasteiger partial charge in [-0.25, -0.2) is 0 Å². The first-order valence-corrected chi connectivity index (χ1v) is 12.7. The summed E-state index contributed by atoms with van der Waals surface area (Å²) in [5, 5.41) is 15.6. The zero-order chi connectivity index (χ0) is 25.5. The van der Waals surface area contributed by atoms with E-state index < -0.39 is 6.04 Å². The van der Waals surface area contributed by atoms with Gasteiger partial charge in [0.25, 0.3) is 5.91 Å². The maximum absolute atomic E-state index is 12.9. The van der Waals surface area contributed by atoms with Crippen molar-refractivity contribution in [3.8, 4) is 0 Å². The SMILES string of the molecule is C=CCn1c(SCC(=O)Nc2ccc(C)c(C)c2)nnc1[C@H](NC(=O)c1ccccc1Cl)C(C)C. The minimum Gasteiger partial charge on any atom is -0.342 e. The number of aromatic nitrogens is 3. The monoisotopic (exact) mass is 511 g/mol. The molecular weight excluding hydrogens is 482 g/mol. The van der Waals surface area contributed by atoms with Crippen molar-refractivity contribution in [1.29, 1.82) is 0 Å². The van der Waals surface area contributed by atoms with E-state index in [0.29, 0.717) is 28.1 Å². The third-order valence-electron chi connectivity index (χ3n) is 5.53. The standard InChI is InChI=1S/C26H30ClN5O2S/c1-6-13-32-24(23(16(2)3)29-25(34)20-9-7-8-10-21(20)27)30-31-26(32)35-15-22(33)28-19-12-11-17(4)18(5)14-19/h6-12,14,16,23H,1,13,15H2,2-5H3,(H,28,33)(H,29,34)/t23-/m1/s1. The van der Waals surface area contributed by atoms with Crippen molar-refractivity contribution < 1.29 is 9.59 Å². The van der Waals surface area contributed by atoms with Crippen LogP contribution in [0.25, 0.3) is 0 Å². The molecule has 1 heterocycles. The number of hydrogen-bond acceptors (Lipinski definition) is 5. The molecule has 0 aliphatic carbocycles. The Morgan fingerprint density at radius 1 is 1.14 bits per heavy atom. The molecule has 0 aliphatic heterocycles. The van der Waals surface area contributed by atoms with E-state index in [9.17, 15) is 9.59 Å². The van der Waals surface area contributed by atoms with E-state index in [0.717, 1.165) is 11.3 Å². The highest BCUT2D eigenvalue weighted by Gasteiger charge is 2.27. The second kappa shape index (κ2) is 12.0. The van der Waals surface area contributed by atoms with Crippen molar-refractivity contribution in [2.75, 3.05) is 11.1 Å². The number of amides is 2. The lowest BCUT2D eigenvalue weighted by molar-refractivity contribution is -0.113. The highest BCUT2D eigenvalue weighted by Crippen LogP contribution is 2.26. The van der Waals surface area contributed by atoms with Crippen LogP contribution >= 0.6 is 23.4 Å². The molecule has 0 fully saturated rings. The Morgan fingerprint density at radius 2 is 1.89 bits per heavy atom. The van der Waals surface area contributed by atoms with Gasteiger partial charge in [-0.2, -0.15) is 0 Å². The molecular formula is C26H30ClN5O2S. The number of nitrogens with zero attached hydrogens (tertiary/aromatic N) is 3. The summed E-state index contributed by atoms with van der Waals surface area (Å²) < 4.78 is 1.87. The van der Waals surface area contributed by atoms with Crippen LogP contribution in [-0.2, 0) is 11.3 Å². The highest BCUT2D eigenvalue weighted by atomic mass is 35.5. The second-order valence-electron chi connectivity index (χ2n) is 8.55. The van der Waals surface area contributed by atoms with Crippen molar-refractivity contribution in [1.82, 2.24) is 20.1 Å². The smallest absolute Gasteiger partial charge is 0.253 e. The van der Waals surface area contributed by atoms with E-state index in [1.54, 1.807) is 30.3 Å². The number of aryl methyl sites for hydroxylation is 2. The first-order valence-electron chi connectivity index (χ1n) is 11.3. The number of halogens is 1. The number of allylic oxidation sites excluding steroid dienone is 1. The van der Waals surface area contributed by atoms with Gasteiger partial charge in [0.05, 0.1) is 22.4 Å². The summed E-state index contributed by atoms with van der Waals surface area (Å²) in [4.78, 5) is 25.5. The molecule has 2 amide bonds. The maximum atomic E-state index is 12.9. The fraction of sp³-hybridized carbons (Fsp3) is 0.308. The van der Waals surface area contributed by atoms with Gasteiger partial charge in [-0.15, -0.1) is 16.8 Å². The third-order valence-corrected chi connectivity index (χ3v) is 6.83. The quantitative estimate of drug-likeness (QED) is 0.273. The minimum absolute atomic E-state index is 0.0279. The van der Waals surface area contributed by atoms with Crippen LogP contribution in [0.3, 0.4) is 0 Å². The summed E-state index contributed by atoms with van der Waals surface area (Å²) in [5.41, 5.74) is 3.44. The van der Waals surface area contributed by atoms with Crippen molar-refractivity contribution in [3.05, 3.63) is 82.7 Å². The number of thioether (sulfide) groups is 1. The average Bonchev–Trinajstić information content (AvgIpc) is 3.21. The summed E-state index contributed by atoms with van der Waals surface area (Å²) in [6.45, 7) is 12.3. The largest absolute Gasteiger partial charge is 0.342 e. The van der Waals surface area contributed by atoms with E-state index >= 15 is 0 Å². The van der Waals surface area contributed by atoms with Crippen LogP contribution in [0.5, 0.6) is 0 Å². The van der Waals surface area contributed by atoms with Crippen LogP contribution in [0.15, 0.2) is 60.3 Å². The normalized spacial score (nSPS) is 11.8. The molecule has 0 saturated carbocycles. The van der Waals surface area contributed by atoms with Gasteiger partial charge >= 0.3 is 0 Å². The van der Waals surface area contributed by atoms with Crippen LogP contribution in [0.1, 0.15) is 47.2 Å². The lowest BCUT2D eigenvalue weighted by Crippen LogP contribution is -2.34. The average molecular weight is 512 g/mol. The molecule has 35 heavy (non-hydrogen) atoms. The Kier molecular flexibility index (Phi) is 9.12. The van der Waals surface area contributed by atoms with Crippen LogP contribution in [0, 0.1) is 19.8 Å². The minimum atomic E-state index is -0.412. The molecule has 2 N–H and O–H groups in total. The van der Waals surface area contributed by atoms with Gasteiger partial charge in [0, 0.05) is 12.2 Å². The summed E-state index contributed by atoms with van der Waals surface area (Å²) >= 11 is 7.50. The molecule has 184 valence electrons. The van der Waals surface area contributed by atoms with Crippen LogP contribution in [0.4, 0.5) is 5.69 Å². The predicted molar refractivity (Wildman–Crippen MR) is 142 cm³/mol. The molecule has 0 unspecified atom stereocenters. The highest BCUT2D eigenvalue weighted by molar-refractivity contribution is 7.99. The van der Waals surface area contributed by atoms with Crippen molar-refractivity contribution in [2.45, 2.75) is 45.4 Å². The summed E-state index contributed by atoms with van der Waals surface area (Å²) in [6, 6.07) is 12.3. The Morgan fingerprint density at radius 3 is 2.54 bits per heavy atom. The number of carbonyl (C=O) groups is 2. The molecule has 3 rings (SSSR count). The van der Waals surface area contributed by atoms with E-state index in [1.165, 1.54) is 17.3 Å². The Bertz CT molecular complexity index is 1220. The number of carbonyl (C=O) groups excluding carboxylic acids is 2. The molecule has 3 aromatic rings. The van der Waals surface area contributed by atoms with Crippen molar-refractivity contribution in [3.63, 3.8) is 0 Å². The fourth-order valence-electron chi connectivity index (χ4n) is 3.48. The lowest BCUT2D eigenvalue weighted by Gasteiger charge is -2.23. The van der Waals surface area contributed by atoms with E-state index in [2.05, 4.69) is 27.4 Å². The zero-order valence-corrected chi connectivity index (χ0v) is 21.9. The second-order valence-corrected chi connectivity index (χ2v) is 9.90. The lowest BCUT2D eigenvalue weighted by atomic mass is 10.0. The van der Waals surface area contributed by atoms with Gasteiger partial charge in [0.2, 0.25) is 5.91 Å². The summed E-state index contributed by atoms with van der Waals surface area (Å²) in [7, 11) is 0. The molecule has 1 atom stereocenters. The first kappa shape index (κ1) is 26.5. The molecule has 0 spiro atoms. The Hall–Kier alpha value is -3.10. The van der Waals surface area contributed by atoms with E-state index in [4.69, 9.17) is 11.6 Å². The van der Waals surface area contributed by atoms with E-state index in [1.807, 2.05) is 50.5 Å². The number of hydrogen-bond donors (Lipinski definition) is 2. The fourth-order valence-corrected chi connectivity index (χ4v) is 4.45. The van der Waals surface area contributed by atoms with Crippen LogP contribution in [-0.4, -0.2) is 32.3 Å². The van der Waals surface area contributed by atoms with Gasteiger partial charge in [-0.05, 0) is 55.2 Å². The molecule has 2 aromatic carbocycles. The Balaban J connectivity index is 1.76. The van der Waals surface area contributed by atoms with Gasteiger partial charge < -0.3 is 15.2 Å².